The Morgan fingerprint density at radius 2 is 1.95 bits per heavy atom. The summed E-state index contributed by atoms with van der Waals surface area (Å²) in [4.78, 5) is 14.6. The van der Waals surface area contributed by atoms with Gasteiger partial charge in [-0.2, -0.15) is 0 Å². The third kappa shape index (κ3) is 3.13. The van der Waals surface area contributed by atoms with Crippen molar-refractivity contribution < 1.29 is 9.18 Å². The number of benzene rings is 2. The summed E-state index contributed by atoms with van der Waals surface area (Å²) in [6.45, 7) is 2.41. The van der Waals surface area contributed by atoms with E-state index in [0.717, 1.165) is 29.5 Å². The standard InChI is InChI=1S/C18H18FNO/c1-13-5-2-3-8-17(13)18(21)20(16-9-10-16)12-14-6-4-7-15(19)11-14/h2-8,11,16H,9-10,12H2,1H3. The van der Waals surface area contributed by atoms with Crippen molar-refractivity contribution in [3.05, 3.63) is 71.0 Å². The summed E-state index contributed by atoms with van der Waals surface area (Å²) in [7, 11) is 0. The van der Waals surface area contributed by atoms with Gasteiger partial charge in [0.2, 0.25) is 0 Å². The van der Waals surface area contributed by atoms with Gasteiger partial charge in [-0.3, -0.25) is 4.79 Å². The molecule has 1 amide bonds. The summed E-state index contributed by atoms with van der Waals surface area (Å²) in [5, 5.41) is 0. The second-order valence-corrected chi connectivity index (χ2v) is 5.61. The smallest absolute Gasteiger partial charge is 0.254 e. The first-order valence-corrected chi connectivity index (χ1v) is 7.26. The second kappa shape index (κ2) is 5.68. The first-order valence-electron chi connectivity index (χ1n) is 7.26. The predicted octanol–water partition coefficient (Wildman–Crippen LogP) is 3.94. The molecule has 1 aliphatic rings. The molecule has 1 aliphatic carbocycles. The molecule has 0 unspecified atom stereocenters. The van der Waals surface area contributed by atoms with Gasteiger partial charge in [-0.25, -0.2) is 4.39 Å². The van der Waals surface area contributed by atoms with Gasteiger partial charge in [0.25, 0.3) is 5.91 Å². The van der Waals surface area contributed by atoms with Gasteiger partial charge in [0.1, 0.15) is 5.82 Å². The zero-order chi connectivity index (χ0) is 14.8. The summed E-state index contributed by atoms with van der Waals surface area (Å²) >= 11 is 0. The fourth-order valence-electron chi connectivity index (χ4n) is 2.55. The number of carbonyl (C=O) groups is 1. The maximum atomic E-state index is 13.3. The van der Waals surface area contributed by atoms with Gasteiger partial charge in [0.15, 0.2) is 0 Å². The number of carbonyl (C=O) groups excluding carboxylic acids is 1. The Labute approximate surface area is 124 Å². The molecular weight excluding hydrogens is 265 g/mol. The average molecular weight is 283 g/mol. The van der Waals surface area contributed by atoms with Gasteiger partial charge in [0, 0.05) is 18.2 Å². The van der Waals surface area contributed by atoms with Crippen molar-refractivity contribution in [1.29, 1.82) is 0 Å². The van der Waals surface area contributed by atoms with Gasteiger partial charge in [0.05, 0.1) is 0 Å². The van der Waals surface area contributed by atoms with Gasteiger partial charge in [-0.15, -0.1) is 0 Å². The van der Waals surface area contributed by atoms with Crippen LogP contribution in [0.3, 0.4) is 0 Å². The van der Waals surface area contributed by atoms with Gasteiger partial charge >= 0.3 is 0 Å². The topological polar surface area (TPSA) is 20.3 Å². The molecule has 0 bridgehead atoms. The van der Waals surface area contributed by atoms with Crippen LogP contribution in [0, 0.1) is 12.7 Å². The highest BCUT2D eigenvalue weighted by Crippen LogP contribution is 2.30. The molecule has 1 fully saturated rings. The summed E-state index contributed by atoms with van der Waals surface area (Å²) < 4.78 is 13.3. The Hall–Kier alpha value is -2.16. The van der Waals surface area contributed by atoms with Crippen molar-refractivity contribution in [2.24, 2.45) is 0 Å². The van der Waals surface area contributed by atoms with Gasteiger partial charge < -0.3 is 4.90 Å². The zero-order valence-electron chi connectivity index (χ0n) is 12.1. The number of rotatable bonds is 4. The average Bonchev–Trinajstić information content (AvgIpc) is 3.29. The monoisotopic (exact) mass is 283 g/mol. The molecule has 0 saturated heterocycles. The molecule has 2 nitrogen and oxygen atoms in total. The van der Waals surface area contributed by atoms with E-state index in [0.29, 0.717) is 12.6 Å². The number of aryl methyl sites for hydroxylation is 1. The van der Waals surface area contributed by atoms with E-state index in [1.165, 1.54) is 12.1 Å². The normalized spacial score (nSPS) is 14.0. The van der Waals surface area contributed by atoms with E-state index in [1.54, 1.807) is 6.07 Å². The summed E-state index contributed by atoms with van der Waals surface area (Å²) in [5.41, 5.74) is 2.55. The first-order chi connectivity index (χ1) is 10.1. The minimum Gasteiger partial charge on any atom is -0.331 e. The number of amides is 1. The van der Waals surface area contributed by atoms with E-state index in [9.17, 15) is 9.18 Å². The lowest BCUT2D eigenvalue weighted by atomic mass is 10.1. The molecule has 3 rings (SSSR count). The van der Waals surface area contributed by atoms with Crippen LogP contribution in [-0.2, 0) is 6.54 Å². The highest BCUT2D eigenvalue weighted by atomic mass is 19.1. The predicted molar refractivity (Wildman–Crippen MR) is 80.5 cm³/mol. The minimum absolute atomic E-state index is 0.0415. The number of hydrogen-bond acceptors (Lipinski definition) is 1. The molecule has 1 saturated carbocycles. The first kappa shape index (κ1) is 13.8. The molecule has 0 aliphatic heterocycles. The minimum atomic E-state index is -0.258. The van der Waals surface area contributed by atoms with E-state index in [4.69, 9.17) is 0 Å². The SMILES string of the molecule is Cc1ccccc1C(=O)N(Cc1cccc(F)c1)C1CC1. The van der Waals surface area contributed by atoms with Crippen molar-refractivity contribution >= 4 is 5.91 Å². The van der Waals surface area contributed by atoms with Crippen LogP contribution in [0.15, 0.2) is 48.5 Å². The Morgan fingerprint density at radius 1 is 1.19 bits per heavy atom. The highest BCUT2D eigenvalue weighted by molar-refractivity contribution is 5.96. The van der Waals surface area contributed by atoms with Crippen LogP contribution in [0.5, 0.6) is 0 Å². The maximum absolute atomic E-state index is 13.3. The molecule has 0 spiro atoms. The molecule has 2 aromatic carbocycles. The number of hydrogen-bond donors (Lipinski definition) is 0. The third-order valence-corrected chi connectivity index (χ3v) is 3.87. The van der Waals surface area contributed by atoms with Crippen LogP contribution in [-0.4, -0.2) is 16.8 Å². The molecule has 2 aromatic rings. The zero-order valence-corrected chi connectivity index (χ0v) is 12.1. The molecule has 0 N–H and O–H groups in total. The summed E-state index contributed by atoms with van der Waals surface area (Å²) in [6.07, 6.45) is 2.07. The molecule has 0 atom stereocenters. The second-order valence-electron chi connectivity index (χ2n) is 5.61. The Balaban J connectivity index is 1.85. The maximum Gasteiger partial charge on any atom is 0.254 e. The number of nitrogens with zero attached hydrogens (tertiary/aromatic N) is 1. The van der Waals surface area contributed by atoms with Crippen molar-refractivity contribution in [3.8, 4) is 0 Å². The van der Waals surface area contributed by atoms with Gasteiger partial charge in [-0.05, 0) is 49.1 Å². The van der Waals surface area contributed by atoms with E-state index >= 15 is 0 Å². The van der Waals surface area contributed by atoms with Crippen LogP contribution < -0.4 is 0 Å². The molecule has 0 radical (unpaired) electrons. The Kier molecular flexibility index (Phi) is 3.74. The largest absolute Gasteiger partial charge is 0.331 e. The molecule has 0 aromatic heterocycles. The van der Waals surface area contributed by atoms with Crippen molar-refractivity contribution in [1.82, 2.24) is 4.90 Å². The molecule has 0 heterocycles. The fraction of sp³-hybridized carbons (Fsp3) is 0.278. The van der Waals surface area contributed by atoms with Crippen LogP contribution in [0.4, 0.5) is 4.39 Å². The van der Waals surface area contributed by atoms with Crippen LogP contribution in [0.25, 0.3) is 0 Å². The van der Waals surface area contributed by atoms with Crippen LogP contribution >= 0.6 is 0 Å². The van der Waals surface area contributed by atoms with Crippen molar-refractivity contribution in [3.63, 3.8) is 0 Å². The lowest BCUT2D eigenvalue weighted by molar-refractivity contribution is 0.0729. The summed E-state index contributed by atoms with van der Waals surface area (Å²) in [6, 6.07) is 14.4. The van der Waals surface area contributed by atoms with Crippen molar-refractivity contribution in [2.45, 2.75) is 32.4 Å². The molecule has 108 valence electrons. The fourth-order valence-corrected chi connectivity index (χ4v) is 2.55. The Bertz CT molecular complexity index is 664. The molecule has 3 heteroatoms. The van der Waals surface area contributed by atoms with Crippen molar-refractivity contribution in [2.75, 3.05) is 0 Å². The lowest BCUT2D eigenvalue weighted by Gasteiger charge is -2.23. The number of halogens is 1. The van der Waals surface area contributed by atoms with E-state index in [1.807, 2.05) is 42.2 Å². The molecule has 21 heavy (non-hydrogen) atoms. The van der Waals surface area contributed by atoms with Crippen LogP contribution in [0.1, 0.15) is 34.3 Å². The van der Waals surface area contributed by atoms with Crippen LogP contribution in [0.2, 0.25) is 0 Å². The highest BCUT2D eigenvalue weighted by Gasteiger charge is 2.33. The van der Waals surface area contributed by atoms with E-state index in [-0.39, 0.29) is 11.7 Å². The summed E-state index contributed by atoms with van der Waals surface area (Å²) in [5.74, 6) is -0.216. The van der Waals surface area contributed by atoms with Gasteiger partial charge in [-0.1, -0.05) is 30.3 Å². The quantitative estimate of drug-likeness (QED) is 0.832. The lowest BCUT2D eigenvalue weighted by Crippen LogP contribution is -2.33. The molecular formula is C18H18FNO. The van der Waals surface area contributed by atoms with E-state index < -0.39 is 0 Å². The third-order valence-electron chi connectivity index (χ3n) is 3.87. The Morgan fingerprint density at radius 3 is 2.62 bits per heavy atom. The van der Waals surface area contributed by atoms with E-state index in [2.05, 4.69) is 0 Å².